The Kier molecular flexibility index (Phi) is 28.7. The van der Waals surface area contributed by atoms with Crippen LogP contribution in [0.25, 0.3) is 11.6 Å². The number of piperazine rings is 1. The van der Waals surface area contributed by atoms with Crippen molar-refractivity contribution in [2.75, 3.05) is 109 Å². The molecular weight excluding hydrogens is 1430 g/mol. The van der Waals surface area contributed by atoms with E-state index in [1.807, 2.05) is 49.4 Å². The van der Waals surface area contributed by atoms with Crippen LogP contribution in [0, 0.1) is 28.6 Å². The van der Waals surface area contributed by atoms with E-state index in [0.717, 1.165) is 34.0 Å². The van der Waals surface area contributed by atoms with Gasteiger partial charge in [-0.05, 0) is 134 Å². The predicted molar refractivity (Wildman–Crippen MR) is 399 cm³/mol. The smallest absolute Gasteiger partial charge is 0.410 e. The second-order valence-corrected chi connectivity index (χ2v) is 29.8. The molecule has 3 saturated carbocycles. The minimum Gasteiger partial charge on any atom is -0.445 e. The second kappa shape index (κ2) is 37.8. The van der Waals surface area contributed by atoms with Crippen LogP contribution in [0.4, 0.5) is 34.5 Å². The minimum absolute atomic E-state index is 0.0208. The maximum absolute atomic E-state index is 18.0. The van der Waals surface area contributed by atoms with Gasteiger partial charge >= 0.3 is 18.2 Å². The van der Waals surface area contributed by atoms with Gasteiger partial charge in [-0.1, -0.05) is 94.8 Å². The number of Topliss-reactive ketones (excluding diaryl/α,β-unsaturated/α-hetero) is 1. The van der Waals surface area contributed by atoms with Gasteiger partial charge in [-0.3, -0.25) is 33.6 Å². The average Bonchev–Trinajstić information content (AvgIpc) is 1.45. The summed E-state index contributed by atoms with van der Waals surface area (Å²) in [6, 6.07) is 19.3. The molecule has 0 aromatic heterocycles. The van der Waals surface area contributed by atoms with Gasteiger partial charge < -0.3 is 90.0 Å². The summed E-state index contributed by atoms with van der Waals surface area (Å²) in [5.74, 6) is -5.35. The molecule has 8 N–H and O–H groups in total. The van der Waals surface area contributed by atoms with Gasteiger partial charge in [-0.25, -0.2) is 23.2 Å². The van der Waals surface area contributed by atoms with Gasteiger partial charge in [0.1, 0.15) is 24.9 Å². The fourth-order valence-corrected chi connectivity index (χ4v) is 16.6. The largest absolute Gasteiger partial charge is 0.445 e. The molecule has 110 heavy (non-hydrogen) atoms. The number of carbonyl (C=O) groups is 10. The summed E-state index contributed by atoms with van der Waals surface area (Å²) in [5.41, 5.74) is 4.04. The Bertz CT molecular complexity index is 3910. The van der Waals surface area contributed by atoms with Crippen LogP contribution in [0.15, 0.2) is 96.6 Å². The van der Waals surface area contributed by atoms with Gasteiger partial charge in [0, 0.05) is 81.0 Å². The van der Waals surface area contributed by atoms with Crippen LogP contribution in [0.5, 0.6) is 0 Å². The quantitative estimate of drug-likeness (QED) is 0.0283. The number of carbonyl (C=O) groups excluding carboxylic acids is 10. The third kappa shape index (κ3) is 19.3. The number of fused-ring (bicyclic) bond motifs is 9. The zero-order valence-electron chi connectivity index (χ0n) is 63.5. The number of benzene rings is 3. The molecule has 598 valence electrons. The number of ether oxygens (including phenoxy) is 8. The van der Waals surface area contributed by atoms with Crippen molar-refractivity contribution in [3.8, 4) is 0 Å². The number of para-hydroxylation sites is 1. The van der Waals surface area contributed by atoms with Crippen molar-refractivity contribution >= 4 is 82.3 Å². The number of hydrogen-bond donors (Lipinski definition) is 7. The summed E-state index contributed by atoms with van der Waals surface area (Å²) in [6.07, 6.45) is 0.105. The van der Waals surface area contributed by atoms with E-state index in [1.54, 1.807) is 49.9 Å². The van der Waals surface area contributed by atoms with Gasteiger partial charge in [0.15, 0.2) is 29.9 Å². The molecule has 2 unspecified atom stereocenters. The maximum Gasteiger partial charge on any atom is 0.410 e. The molecule has 28 nitrogen and oxygen atoms in total. The zero-order chi connectivity index (χ0) is 78.9. The SMILES string of the molecule is CCCC1O[C@@H]2C[C@H]3C4C[C@H](F)C5=CC(=O)C=C[C@]5(C)[C@@]4(F)[C@@H](O)C[C@]3(C)[C@]2(C(=O)COC(=O)N2CCN(C(=O)OCc3ccc(NC(=O)[C@H](CCCNC(N)=O)NC(=O)[C@@H](NC(=O)CCOCCOCCOCCOCCNC(=O)CCC(=O)N4Cc5ccccc5/C(C)=C\c5ccccc54)C(C)C)cc3)CC2)O1. The highest BCUT2D eigenvalue weighted by Crippen LogP contribution is 2.72. The Morgan fingerprint density at radius 1 is 0.736 bits per heavy atom. The first-order valence-electron chi connectivity index (χ1n) is 38.1. The summed E-state index contributed by atoms with van der Waals surface area (Å²) in [7, 11) is 0. The number of aliphatic hydroxyl groups is 1. The number of urea groups is 1. The van der Waals surface area contributed by atoms with Crippen LogP contribution in [-0.4, -0.2) is 221 Å². The Morgan fingerprint density at radius 2 is 1.39 bits per heavy atom. The molecule has 4 aliphatic carbocycles. The molecule has 3 aromatic rings. The average molecular weight is 1530 g/mol. The van der Waals surface area contributed by atoms with E-state index >= 15 is 8.78 Å². The lowest BCUT2D eigenvalue weighted by Crippen LogP contribution is -2.71. The number of primary amides is 1. The normalized spacial score (nSPS) is 26.1. The molecule has 30 heteroatoms. The molecule has 0 radical (unpaired) electrons. The van der Waals surface area contributed by atoms with Crippen LogP contribution in [-0.2, 0) is 84.6 Å². The highest BCUT2D eigenvalue weighted by atomic mass is 19.1. The predicted octanol–water partition coefficient (Wildman–Crippen LogP) is 7.33. The number of hydrogen-bond acceptors (Lipinski definition) is 19. The molecule has 12 atom stereocenters. The number of nitrogens with zero attached hydrogens (tertiary/aromatic N) is 3. The number of anilines is 2. The number of nitrogens with two attached hydrogens (primary N) is 1. The number of alkyl halides is 2. The van der Waals surface area contributed by atoms with Crippen LogP contribution in [0.1, 0.15) is 128 Å². The Labute approximate surface area is 639 Å². The van der Waals surface area contributed by atoms with Crippen LogP contribution in [0.3, 0.4) is 0 Å². The van der Waals surface area contributed by atoms with Gasteiger partial charge in [-0.2, -0.15) is 0 Å². The van der Waals surface area contributed by atoms with E-state index in [2.05, 4.69) is 45.7 Å². The van der Waals surface area contributed by atoms with Gasteiger partial charge in [-0.15, -0.1) is 0 Å². The molecule has 2 saturated heterocycles. The Morgan fingerprint density at radius 3 is 2.07 bits per heavy atom. The number of nitrogens with one attached hydrogen (secondary N) is 5. The van der Waals surface area contributed by atoms with Crippen molar-refractivity contribution in [2.45, 2.75) is 167 Å². The molecule has 3 aliphatic heterocycles. The van der Waals surface area contributed by atoms with Crippen LogP contribution in [0.2, 0.25) is 0 Å². The van der Waals surface area contributed by atoms with Crippen molar-refractivity contribution < 1.29 is 99.7 Å². The summed E-state index contributed by atoms with van der Waals surface area (Å²) in [4.78, 5) is 137. The lowest BCUT2D eigenvalue weighted by atomic mass is 9.44. The fraction of sp³-hybridized carbons (Fsp3) is 0.575. The molecule has 3 heterocycles. The van der Waals surface area contributed by atoms with E-state index in [9.17, 15) is 53.1 Å². The van der Waals surface area contributed by atoms with Crippen molar-refractivity contribution in [1.82, 2.24) is 31.1 Å². The van der Waals surface area contributed by atoms with E-state index in [-0.39, 0.29) is 148 Å². The summed E-state index contributed by atoms with van der Waals surface area (Å²) in [5, 5.41) is 25.5. The van der Waals surface area contributed by atoms with E-state index < -0.39 is 131 Å². The first-order valence-corrected chi connectivity index (χ1v) is 38.1. The first kappa shape index (κ1) is 83.4. The van der Waals surface area contributed by atoms with Crippen LogP contribution < -0.4 is 37.2 Å². The topological polar surface area (TPSA) is 361 Å². The van der Waals surface area contributed by atoms with Crippen molar-refractivity contribution in [1.29, 1.82) is 0 Å². The van der Waals surface area contributed by atoms with Gasteiger partial charge in [0.05, 0.1) is 77.3 Å². The molecule has 9 amide bonds. The fourth-order valence-electron chi connectivity index (χ4n) is 16.6. The molecule has 3 aromatic carbocycles. The van der Waals surface area contributed by atoms with Gasteiger partial charge in [0.25, 0.3) is 0 Å². The molecule has 0 bridgehead atoms. The number of ketones is 2. The van der Waals surface area contributed by atoms with E-state index in [1.165, 1.54) is 28.9 Å². The summed E-state index contributed by atoms with van der Waals surface area (Å²) < 4.78 is 80.7. The third-order valence-electron chi connectivity index (χ3n) is 22.3. The highest BCUT2D eigenvalue weighted by Gasteiger charge is 2.80. The highest BCUT2D eigenvalue weighted by molar-refractivity contribution is 6.02. The summed E-state index contributed by atoms with van der Waals surface area (Å²) >= 11 is 0. The van der Waals surface area contributed by atoms with E-state index in [4.69, 9.17) is 43.6 Å². The maximum atomic E-state index is 18.0. The number of amides is 9. The first-order chi connectivity index (χ1) is 52.7. The third-order valence-corrected chi connectivity index (χ3v) is 22.3. The Balaban J connectivity index is 0.585. The second-order valence-electron chi connectivity index (χ2n) is 29.8. The molecule has 7 aliphatic rings. The zero-order valence-corrected chi connectivity index (χ0v) is 63.5. The van der Waals surface area contributed by atoms with E-state index in [0.29, 0.717) is 50.5 Å². The molecule has 0 spiro atoms. The molecule has 5 fully saturated rings. The van der Waals surface area contributed by atoms with Gasteiger partial charge in [0.2, 0.25) is 35.3 Å². The molecule has 10 rings (SSSR count). The molecular formula is C80H105F2N9O19. The van der Waals surface area contributed by atoms with Crippen molar-refractivity contribution in [3.63, 3.8) is 0 Å². The number of rotatable bonds is 35. The monoisotopic (exact) mass is 1530 g/mol. The summed E-state index contributed by atoms with van der Waals surface area (Å²) in [6.45, 7) is 12.7. The van der Waals surface area contributed by atoms with Crippen LogP contribution >= 0.6 is 0 Å². The lowest BCUT2D eigenvalue weighted by Gasteiger charge is -2.63. The van der Waals surface area contributed by atoms with Crippen molar-refractivity contribution in [2.24, 2.45) is 34.3 Å². The van der Waals surface area contributed by atoms with Crippen molar-refractivity contribution in [3.05, 3.63) is 119 Å². The Hall–Kier alpha value is -9.04. The number of aliphatic hydroxyl groups excluding tert-OH is 1. The lowest BCUT2D eigenvalue weighted by molar-refractivity contribution is -0.234. The number of halogens is 2. The minimum atomic E-state index is -2.39. The standard InChI is InChI=1S/C80H105F2N9O19/c1-7-13-70-109-66-45-58-59-44-61(81)60-43-56(92)25-27-77(60,5)79(59,82)64(93)46-78(58,6)80(66,110-70)65(94)49-108-76(102)90-32-30-89(31-33-90)75(101)107-48-52-19-21-55(22-20-52)86-72(98)62(17-12-28-85-74(83)100)87-73(99)71(50(2)3)88-68(96)26-34-103-36-38-105-40-41-106-39-37-104-35-29-84-67(95)23-24-69(97)91-47-54-15-8-10-16-57(54)51(4)42-53-14-9-11-18-63(53)91/h8-11,14-16,18-22,25,27,42-43,50,58-59,61-62,64,66,70-71,93H,7,12-13,17,23-24,26,28-41,44-49H2,1-6H3,(H,84,95)(H,86,98)(H,87,99)(H,88,96)(H3,83,85,100)/b51-42-/t58-,59?,61-,62-,64-,66+,70?,71-,77-,78-,79-,80+/m0/s1. The number of allylic oxidation sites excluding steroid dienone is 5.